The molecule has 2 atom stereocenters. The maximum Gasteiger partial charge on any atom is 0.0166 e. The molecule has 1 nitrogen and oxygen atoms in total. The zero-order valence-corrected chi connectivity index (χ0v) is 11.7. The maximum atomic E-state index is 3.54. The van der Waals surface area contributed by atoms with Gasteiger partial charge in [0.15, 0.2) is 0 Å². The molecule has 0 bridgehead atoms. The Bertz CT molecular complexity index is 405. The Morgan fingerprint density at radius 2 is 1.72 bits per heavy atom. The molecule has 2 saturated carbocycles. The molecule has 3 rings (SSSR count). The minimum absolute atomic E-state index is 0.406. The van der Waals surface area contributed by atoms with Crippen LogP contribution in [0.15, 0.2) is 30.3 Å². The van der Waals surface area contributed by atoms with E-state index < -0.39 is 0 Å². The Morgan fingerprint density at radius 3 is 2.33 bits per heavy atom. The summed E-state index contributed by atoms with van der Waals surface area (Å²) in [4.78, 5) is 0. The van der Waals surface area contributed by atoms with E-state index in [0.717, 1.165) is 0 Å². The standard InChI is InChI=1S/C17H25N/c1-14(18-2)17(15-9-5-3-6-10-15)13-16(17)11-7-4-8-12-16/h3,5-6,9-10,14,18H,4,7-8,11-13H2,1-2H3. The third-order valence-electron chi connectivity index (χ3n) is 5.71. The van der Waals surface area contributed by atoms with Gasteiger partial charge in [0.2, 0.25) is 0 Å². The van der Waals surface area contributed by atoms with Crippen molar-refractivity contribution in [3.8, 4) is 0 Å². The summed E-state index contributed by atoms with van der Waals surface area (Å²) in [5, 5.41) is 3.54. The van der Waals surface area contributed by atoms with Gasteiger partial charge in [0, 0.05) is 11.5 Å². The molecule has 1 spiro atoms. The summed E-state index contributed by atoms with van der Waals surface area (Å²) < 4.78 is 0. The van der Waals surface area contributed by atoms with E-state index in [-0.39, 0.29) is 0 Å². The number of nitrogens with one attached hydrogen (secondary N) is 1. The van der Waals surface area contributed by atoms with Crippen LogP contribution >= 0.6 is 0 Å². The number of benzene rings is 1. The van der Waals surface area contributed by atoms with E-state index in [9.17, 15) is 0 Å². The molecule has 0 amide bonds. The number of rotatable bonds is 3. The predicted molar refractivity (Wildman–Crippen MR) is 76.8 cm³/mol. The normalized spacial score (nSPS) is 31.2. The van der Waals surface area contributed by atoms with Gasteiger partial charge in [-0.25, -0.2) is 0 Å². The first kappa shape index (κ1) is 12.2. The Morgan fingerprint density at radius 1 is 1.06 bits per heavy atom. The van der Waals surface area contributed by atoms with Gasteiger partial charge in [-0.2, -0.15) is 0 Å². The second-order valence-electron chi connectivity index (χ2n) is 6.37. The fourth-order valence-electron chi connectivity index (χ4n) is 4.59. The highest BCUT2D eigenvalue weighted by Crippen LogP contribution is 2.72. The lowest BCUT2D eigenvalue weighted by molar-refractivity contribution is 0.262. The van der Waals surface area contributed by atoms with Crippen LogP contribution in [0.3, 0.4) is 0 Å². The van der Waals surface area contributed by atoms with E-state index >= 15 is 0 Å². The van der Waals surface area contributed by atoms with Crippen molar-refractivity contribution in [1.82, 2.24) is 5.32 Å². The summed E-state index contributed by atoms with van der Waals surface area (Å²) in [6.07, 6.45) is 8.59. The molecule has 2 unspecified atom stereocenters. The zero-order valence-electron chi connectivity index (χ0n) is 11.7. The Labute approximate surface area is 111 Å². The fourth-order valence-corrected chi connectivity index (χ4v) is 4.59. The molecule has 0 radical (unpaired) electrons. The van der Waals surface area contributed by atoms with Gasteiger partial charge in [-0.05, 0) is 44.2 Å². The third kappa shape index (κ3) is 1.56. The van der Waals surface area contributed by atoms with Crippen molar-refractivity contribution in [2.75, 3.05) is 7.05 Å². The van der Waals surface area contributed by atoms with Gasteiger partial charge in [-0.15, -0.1) is 0 Å². The minimum Gasteiger partial charge on any atom is -0.316 e. The molecule has 2 aliphatic carbocycles. The van der Waals surface area contributed by atoms with E-state index in [4.69, 9.17) is 0 Å². The second kappa shape index (κ2) is 4.38. The molecule has 1 N–H and O–H groups in total. The van der Waals surface area contributed by atoms with Gasteiger partial charge >= 0.3 is 0 Å². The summed E-state index contributed by atoms with van der Waals surface area (Å²) in [6.45, 7) is 2.37. The van der Waals surface area contributed by atoms with Crippen LogP contribution in [0.25, 0.3) is 0 Å². The van der Waals surface area contributed by atoms with Crippen molar-refractivity contribution in [3.63, 3.8) is 0 Å². The average molecular weight is 243 g/mol. The van der Waals surface area contributed by atoms with E-state index in [1.54, 1.807) is 5.56 Å². The fraction of sp³-hybridized carbons (Fsp3) is 0.647. The van der Waals surface area contributed by atoms with E-state index in [0.29, 0.717) is 16.9 Å². The highest BCUT2D eigenvalue weighted by atomic mass is 14.9. The van der Waals surface area contributed by atoms with Gasteiger partial charge in [-0.1, -0.05) is 49.6 Å². The van der Waals surface area contributed by atoms with Crippen LogP contribution in [-0.4, -0.2) is 13.1 Å². The summed E-state index contributed by atoms with van der Waals surface area (Å²) in [6, 6.07) is 11.8. The van der Waals surface area contributed by atoms with Gasteiger partial charge in [0.1, 0.15) is 0 Å². The second-order valence-corrected chi connectivity index (χ2v) is 6.37. The molecule has 2 aliphatic rings. The van der Waals surface area contributed by atoms with Gasteiger partial charge in [0.05, 0.1) is 0 Å². The summed E-state index contributed by atoms with van der Waals surface area (Å²) >= 11 is 0. The SMILES string of the molecule is CNC(C)C1(c2ccccc2)CC12CCCCC2. The molecule has 2 fully saturated rings. The number of hydrogen-bond acceptors (Lipinski definition) is 1. The lowest BCUT2D eigenvalue weighted by atomic mass is 9.74. The van der Waals surface area contributed by atoms with Crippen molar-refractivity contribution in [3.05, 3.63) is 35.9 Å². The van der Waals surface area contributed by atoms with Crippen LogP contribution < -0.4 is 5.32 Å². The molecule has 1 aromatic carbocycles. The van der Waals surface area contributed by atoms with Crippen LogP contribution in [0.2, 0.25) is 0 Å². The molecular formula is C17H25N. The van der Waals surface area contributed by atoms with Crippen LogP contribution in [0, 0.1) is 5.41 Å². The van der Waals surface area contributed by atoms with Crippen molar-refractivity contribution in [2.24, 2.45) is 5.41 Å². The van der Waals surface area contributed by atoms with E-state index in [2.05, 4.69) is 49.6 Å². The molecule has 0 aromatic heterocycles. The zero-order chi connectivity index (χ0) is 12.6. The Hall–Kier alpha value is -0.820. The maximum absolute atomic E-state index is 3.54. The Balaban J connectivity index is 1.97. The molecule has 0 aliphatic heterocycles. The molecule has 1 aromatic rings. The first-order chi connectivity index (χ1) is 8.75. The molecule has 0 saturated heterocycles. The topological polar surface area (TPSA) is 12.0 Å². The molecule has 1 heteroatoms. The number of likely N-dealkylation sites (N-methyl/N-ethyl adjacent to an activating group) is 1. The van der Waals surface area contributed by atoms with Crippen LogP contribution in [-0.2, 0) is 5.41 Å². The van der Waals surface area contributed by atoms with Gasteiger partial charge in [0.25, 0.3) is 0 Å². The highest BCUT2D eigenvalue weighted by Gasteiger charge is 2.68. The lowest BCUT2D eigenvalue weighted by Crippen LogP contribution is -2.39. The smallest absolute Gasteiger partial charge is 0.0166 e. The quantitative estimate of drug-likeness (QED) is 0.849. The first-order valence-electron chi connectivity index (χ1n) is 7.48. The van der Waals surface area contributed by atoms with Crippen LogP contribution in [0.5, 0.6) is 0 Å². The van der Waals surface area contributed by atoms with Crippen molar-refractivity contribution in [1.29, 1.82) is 0 Å². The highest BCUT2D eigenvalue weighted by molar-refractivity contribution is 5.41. The average Bonchev–Trinajstić information content (AvgIpc) is 3.08. The van der Waals surface area contributed by atoms with Gasteiger partial charge < -0.3 is 5.32 Å². The van der Waals surface area contributed by atoms with E-state index in [1.165, 1.54) is 38.5 Å². The van der Waals surface area contributed by atoms with Crippen LogP contribution in [0.4, 0.5) is 0 Å². The Kier molecular flexibility index (Phi) is 2.97. The predicted octanol–water partition coefficient (Wildman–Crippen LogP) is 3.89. The molecule has 18 heavy (non-hydrogen) atoms. The van der Waals surface area contributed by atoms with Crippen LogP contribution in [0.1, 0.15) is 51.0 Å². The summed E-state index contributed by atoms with van der Waals surface area (Å²) in [5.41, 5.74) is 2.58. The van der Waals surface area contributed by atoms with E-state index in [1.807, 2.05) is 0 Å². The van der Waals surface area contributed by atoms with Crippen molar-refractivity contribution in [2.45, 2.75) is 56.9 Å². The largest absolute Gasteiger partial charge is 0.316 e. The molecule has 0 heterocycles. The lowest BCUT2D eigenvalue weighted by Gasteiger charge is -2.34. The third-order valence-corrected chi connectivity index (χ3v) is 5.71. The molecule has 98 valence electrons. The minimum atomic E-state index is 0.406. The summed E-state index contributed by atoms with van der Waals surface area (Å²) in [7, 11) is 2.12. The van der Waals surface area contributed by atoms with Crippen molar-refractivity contribution >= 4 is 0 Å². The first-order valence-corrected chi connectivity index (χ1v) is 7.48. The monoisotopic (exact) mass is 243 g/mol. The summed E-state index contributed by atoms with van der Waals surface area (Å²) in [5.74, 6) is 0. The van der Waals surface area contributed by atoms with Crippen molar-refractivity contribution < 1.29 is 0 Å². The molecular weight excluding hydrogens is 218 g/mol. The van der Waals surface area contributed by atoms with Gasteiger partial charge in [-0.3, -0.25) is 0 Å². The number of hydrogen-bond donors (Lipinski definition) is 1.